The zero-order valence-electron chi connectivity index (χ0n) is 11.0. The fourth-order valence-electron chi connectivity index (χ4n) is 2.50. The highest BCUT2D eigenvalue weighted by Gasteiger charge is 2.34. The molecule has 1 aliphatic rings. The quantitative estimate of drug-likeness (QED) is 0.798. The summed E-state index contributed by atoms with van der Waals surface area (Å²) in [4.78, 5) is 12.0. The lowest BCUT2D eigenvalue weighted by molar-refractivity contribution is 0.167. The molecule has 1 aliphatic carbocycles. The number of halogens is 1. The predicted molar refractivity (Wildman–Crippen MR) is 76.6 cm³/mol. The third kappa shape index (κ3) is 3.39. The third-order valence-corrected chi connectivity index (χ3v) is 4.08. The molecule has 0 atom stereocenters. The average molecular weight is 283 g/mol. The Morgan fingerprint density at radius 1 is 1.42 bits per heavy atom. The maximum atomic E-state index is 12.0. The number of anilines is 1. The number of aliphatic hydroxyl groups excluding tert-OH is 1. The van der Waals surface area contributed by atoms with E-state index >= 15 is 0 Å². The van der Waals surface area contributed by atoms with E-state index in [9.17, 15) is 9.90 Å². The van der Waals surface area contributed by atoms with Crippen LogP contribution in [0.5, 0.6) is 0 Å². The smallest absolute Gasteiger partial charge is 0.319 e. The summed E-state index contributed by atoms with van der Waals surface area (Å²) in [5.74, 6) is 0. The molecule has 1 aromatic rings. The van der Waals surface area contributed by atoms with E-state index in [1.807, 2.05) is 13.0 Å². The summed E-state index contributed by atoms with van der Waals surface area (Å²) in [7, 11) is 0. The lowest BCUT2D eigenvalue weighted by Gasteiger charge is -2.28. The molecule has 0 aliphatic heterocycles. The largest absolute Gasteiger partial charge is 0.394 e. The highest BCUT2D eigenvalue weighted by Crippen LogP contribution is 2.29. The summed E-state index contributed by atoms with van der Waals surface area (Å²) in [5, 5.41) is 15.8. The molecule has 0 radical (unpaired) electrons. The van der Waals surface area contributed by atoms with Crippen molar-refractivity contribution in [1.29, 1.82) is 0 Å². The first kappa shape index (κ1) is 14.2. The number of amides is 2. The monoisotopic (exact) mass is 282 g/mol. The summed E-state index contributed by atoms with van der Waals surface area (Å²) in [6, 6.07) is 5.05. The standard InChI is InChI=1S/C14H19ClN2O2/c1-10-8-11(4-5-12(10)15)16-13(19)17-14(9-18)6-2-3-7-14/h4-5,8,18H,2-3,6-7,9H2,1H3,(H2,16,17,19). The van der Waals surface area contributed by atoms with Crippen molar-refractivity contribution in [3.05, 3.63) is 28.8 Å². The van der Waals surface area contributed by atoms with Gasteiger partial charge in [-0.05, 0) is 43.5 Å². The molecule has 5 heteroatoms. The van der Waals surface area contributed by atoms with Crippen molar-refractivity contribution in [2.75, 3.05) is 11.9 Å². The van der Waals surface area contributed by atoms with Gasteiger partial charge in [-0.15, -0.1) is 0 Å². The van der Waals surface area contributed by atoms with Gasteiger partial charge in [0.2, 0.25) is 0 Å². The van der Waals surface area contributed by atoms with Gasteiger partial charge in [0.15, 0.2) is 0 Å². The number of benzene rings is 1. The Bertz CT molecular complexity index is 471. The van der Waals surface area contributed by atoms with Crippen molar-refractivity contribution in [3.8, 4) is 0 Å². The number of aryl methyl sites for hydroxylation is 1. The molecule has 3 N–H and O–H groups in total. The second-order valence-electron chi connectivity index (χ2n) is 5.19. The van der Waals surface area contributed by atoms with E-state index < -0.39 is 5.54 Å². The summed E-state index contributed by atoms with van der Waals surface area (Å²) in [6.45, 7) is 1.87. The Balaban J connectivity index is 1.99. The minimum Gasteiger partial charge on any atom is -0.394 e. The number of aliphatic hydroxyl groups is 1. The topological polar surface area (TPSA) is 61.4 Å². The normalized spacial score (nSPS) is 17.2. The zero-order chi connectivity index (χ0) is 13.9. The number of nitrogens with one attached hydrogen (secondary N) is 2. The van der Waals surface area contributed by atoms with Crippen molar-refractivity contribution in [3.63, 3.8) is 0 Å². The van der Waals surface area contributed by atoms with Gasteiger partial charge in [-0.3, -0.25) is 0 Å². The molecule has 2 amide bonds. The van der Waals surface area contributed by atoms with E-state index in [2.05, 4.69) is 10.6 Å². The first-order valence-electron chi connectivity index (χ1n) is 6.51. The fraction of sp³-hybridized carbons (Fsp3) is 0.500. The van der Waals surface area contributed by atoms with Gasteiger partial charge in [0.05, 0.1) is 12.1 Å². The van der Waals surface area contributed by atoms with Crippen LogP contribution in [0.3, 0.4) is 0 Å². The SMILES string of the molecule is Cc1cc(NC(=O)NC2(CO)CCCC2)ccc1Cl. The lowest BCUT2D eigenvalue weighted by atomic mass is 9.99. The maximum Gasteiger partial charge on any atom is 0.319 e. The molecule has 1 fully saturated rings. The Kier molecular flexibility index (Phi) is 4.32. The summed E-state index contributed by atoms with van der Waals surface area (Å²) < 4.78 is 0. The van der Waals surface area contributed by atoms with Crippen LogP contribution in [0.1, 0.15) is 31.2 Å². The molecule has 2 rings (SSSR count). The molecule has 0 bridgehead atoms. The summed E-state index contributed by atoms with van der Waals surface area (Å²) >= 11 is 5.94. The number of carbonyl (C=O) groups is 1. The van der Waals surface area contributed by atoms with Crippen LogP contribution in [0.4, 0.5) is 10.5 Å². The molecule has 0 spiro atoms. The fourth-order valence-corrected chi connectivity index (χ4v) is 2.62. The highest BCUT2D eigenvalue weighted by atomic mass is 35.5. The highest BCUT2D eigenvalue weighted by molar-refractivity contribution is 6.31. The number of carbonyl (C=O) groups excluding carboxylic acids is 1. The summed E-state index contributed by atoms with van der Waals surface area (Å²) in [5.41, 5.74) is 1.16. The van der Waals surface area contributed by atoms with Crippen molar-refractivity contribution in [2.24, 2.45) is 0 Å². The van der Waals surface area contributed by atoms with Crippen molar-refractivity contribution in [1.82, 2.24) is 5.32 Å². The number of urea groups is 1. The van der Waals surface area contributed by atoms with Crippen molar-refractivity contribution >= 4 is 23.3 Å². The molecular weight excluding hydrogens is 264 g/mol. The van der Waals surface area contributed by atoms with Crippen LogP contribution in [0.2, 0.25) is 5.02 Å². The minimum absolute atomic E-state index is 0.0138. The van der Waals surface area contributed by atoms with Crippen LogP contribution in [0.15, 0.2) is 18.2 Å². The van der Waals surface area contributed by atoms with Gasteiger partial charge in [0.1, 0.15) is 0 Å². The molecule has 0 unspecified atom stereocenters. The zero-order valence-corrected chi connectivity index (χ0v) is 11.8. The predicted octanol–water partition coefficient (Wildman–Crippen LogP) is 3.08. The van der Waals surface area contributed by atoms with E-state index in [4.69, 9.17) is 11.6 Å². The average Bonchev–Trinajstić information content (AvgIpc) is 2.83. The van der Waals surface area contributed by atoms with Gasteiger partial charge in [0, 0.05) is 10.7 Å². The molecular formula is C14H19ClN2O2. The Labute approximate surface area is 118 Å². The van der Waals surface area contributed by atoms with Gasteiger partial charge >= 0.3 is 6.03 Å². The lowest BCUT2D eigenvalue weighted by Crippen LogP contribution is -2.50. The van der Waals surface area contributed by atoms with Crippen LogP contribution in [-0.2, 0) is 0 Å². The van der Waals surface area contributed by atoms with E-state index in [0.717, 1.165) is 31.2 Å². The van der Waals surface area contributed by atoms with Gasteiger partial charge in [-0.1, -0.05) is 24.4 Å². The van der Waals surface area contributed by atoms with Gasteiger partial charge in [-0.25, -0.2) is 4.79 Å². The van der Waals surface area contributed by atoms with Crippen molar-refractivity contribution < 1.29 is 9.90 Å². The van der Waals surface area contributed by atoms with E-state index in [1.165, 1.54) is 0 Å². The first-order valence-corrected chi connectivity index (χ1v) is 6.89. The minimum atomic E-state index is -0.453. The van der Waals surface area contributed by atoms with Gasteiger partial charge in [-0.2, -0.15) is 0 Å². The molecule has 1 aromatic carbocycles. The van der Waals surface area contributed by atoms with Crippen LogP contribution in [0.25, 0.3) is 0 Å². The third-order valence-electron chi connectivity index (χ3n) is 3.66. The Hall–Kier alpha value is -1.26. The summed E-state index contributed by atoms with van der Waals surface area (Å²) in [6.07, 6.45) is 3.74. The number of hydrogen-bond donors (Lipinski definition) is 3. The molecule has 0 heterocycles. The Morgan fingerprint density at radius 2 is 2.11 bits per heavy atom. The molecule has 4 nitrogen and oxygen atoms in total. The maximum absolute atomic E-state index is 12.0. The van der Waals surface area contributed by atoms with Crippen LogP contribution in [-0.4, -0.2) is 23.3 Å². The van der Waals surface area contributed by atoms with Gasteiger partial charge in [0.25, 0.3) is 0 Å². The van der Waals surface area contributed by atoms with E-state index in [-0.39, 0.29) is 12.6 Å². The molecule has 104 valence electrons. The number of hydrogen-bond acceptors (Lipinski definition) is 2. The first-order chi connectivity index (χ1) is 9.04. The van der Waals surface area contributed by atoms with Crippen LogP contribution < -0.4 is 10.6 Å². The van der Waals surface area contributed by atoms with Crippen LogP contribution >= 0.6 is 11.6 Å². The van der Waals surface area contributed by atoms with Crippen LogP contribution in [0, 0.1) is 6.92 Å². The van der Waals surface area contributed by atoms with E-state index in [1.54, 1.807) is 12.1 Å². The van der Waals surface area contributed by atoms with Crippen molar-refractivity contribution in [2.45, 2.75) is 38.1 Å². The molecule has 1 saturated carbocycles. The van der Waals surface area contributed by atoms with E-state index in [0.29, 0.717) is 10.7 Å². The molecule has 0 saturated heterocycles. The Morgan fingerprint density at radius 3 is 2.68 bits per heavy atom. The second-order valence-corrected chi connectivity index (χ2v) is 5.60. The van der Waals surface area contributed by atoms with Gasteiger partial charge < -0.3 is 15.7 Å². The molecule has 0 aromatic heterocycles. The second kappa shape index (κ2) is 5.80. The molecule has 19 heavy (non-hydrogen) atoms. The number of rotatable bonds is 3.